The lowest BCUT2D eigenvalue weighted by molar-refractivity contribution is -0.135. The van der Waals surface area contributed by atoms with Crippen LogP contribution in [0.25, 0.3) is 0 Å². The van der Waals surface area contributed by atoms with E-state index < -0.39 is 0 Å². The molecule has 1 saturated heterocycles. The number of piperidine rings is 1. The van der Waals surface area contributed by atoms with Crippen LogP contribution in [0.5, 0.6) is 0 Å². The van der Waals surface area contributed by atoms with E-state index in [-0.39, 0.29) is 11.8 Å². The molecule has 1 fully saturated rings. The zero-order valence-corrected chi connectivity index (χ0v) is 12.5. The topological polar surface area (TPSA) is 32.3 Å². The second-order valence-corrected chi connectivity index (χ2v) is 5.74. The molecule has 1 aromatic rings. The van der Waals surface area contributed by atoms with Gasteiger partial charge >= 0.3 is 0 Å². The molecule has 1 amide bonds. The molecule has 1 aliphatic heterocycles. The molecule has 1 aliphatic rings. The number of benzene rings is 1. The number of carbonyl (C=O) groups excluding carboxylic acids is 1. The summed E-state index contributed by atoms with van der Waals surface area (Å²) in [5.41, 5.74) is 0.883. The van der Waals surface area contributed by atoms with E-state index in [2.05, 4.69) is 5.32 Å². The predicted molar refractivity (Wildman–Crippen MR) is 78.5 cm³/mol. The highest BCUT2D eigenvalue weighted by Crippen LogP contribution is 2.26. The van der Waals surface area contributed by atoms with Crippen LogP contribution in [0.1, 0.15) is 18.4 Å². The average molecular weight is 301 g/mol. The Labute approximate surface area is 123 Å². The van der Waals surface area contributed by atoms with E-state index in [0.29, 0.717) is 16.6 Å². The van der Waals surface area contributed by atoms with Gasteiger partial charge in [0.2, 0.25) is 5.91 Å². The zero-order chi connectivity index (χ0) is 13.8. The molecular formula is C14H18Cl2N2O. The van der Waals surface area contributed by atoms with Gasteiger partial charge in [-0.25, -0.2) is 0 Å². The summed E-state index contributed by atoms with van der Waals surface area (Å²) in [7, 11) is 1.81. The van der Waals surface area contributed by atoms with E-state index in [4.69, 9.17) is 23.2 Å². The van der Waals surface area contributed by atoms with Crippen LogP contribution >= 0.6 is 23.2 Å². The van der Waals surface area contributed by atoms with Crippen LogP contribution in [0.3, 0.4) is 0 Å². The van der Waals surface area contributed by atoms with Gasteiger partial charge in [-0.05, 0) is 31.0 Å². The SMILES string of the molecule is CN(Cc1cccc(Cl)c1Cl)C(=O)[C@H]1CCCNC1. The molecule has 1 aromatic carbocycles. The van der Waals surface area contributed by atoms with Crippen LogP contribution in [0.15, 0.2) is 18.2 Å². The fourth-order valence-electron chi connectivity index (χ4n) is 2.38. The van der Waals surface area contributed by atoms with Crippen molar-refractivity contribution >= 4 is 29.1 Å². The van der Waals surface area contributed by atoms with Crippen LogP contribution < -0.4 is 5.32 Å². The van der Waals surface area contributed by atoms with E-state index in [1.54, 1.807) is 11.0 Å². The van der Waals surface area contributed by atoms with Crippen LogP contribution in [0.4, 0.5) is 0 Å². The summed E-state index contributed by atoms with van der Waals surface area (Å²) in [5, 5.41) is 4.32. The fourth-order valence-corrected chi connectivity index (χ4v) is 2.76. The molecule has 104 valence electrons. The zero-order valence-electron chi connectivity index (χ0n) is 11.0. The Hall–Kier alpha value is -0.770. The number of rotatable bonds is 3. The highest BCUT2D eigenvalue weighted by Gasteiger charge is 2.24. The molecule has 0 aliphatic carbocycles. The van der Waals surface area contributed by atoms with Crippen LogP contribution in [-0.4, -0.2) is 30.9 Å². The Kier molecular flexibility index (Phi) is 5.08. The van der Waals surface area contributed by atoms with E-state index in [0.717, 1.165) is 31.5 Å². The van der Waals surface area contributed by atoms with Gasteiger partial charge in [-0.1, -0.05) is 35.3 Å². The molecule has 0 bridgehead atoms. The summed E-state index contributed by atoms with van der Waals surface area (Å²) < 4.78 is 0. The first kappa shape index (κ1) is 14.6. The lowest BCUT2D eigenvalue weighted by Crippen LogP contribution is -2.41. The van der Waals surface area contributed by atoms with Gasteiger partial charge in [0, 0.05) is 20.1 Å². The van der Waals surface area contributed by atoms with Gasteiger partial charge in [0.05, 0.1) is 16.0 Å². The van der Waals surface area contributed by atoms with Crippen molar-refractivity contribution in [3.05, 3.63) is 33.8 Å². The highest BCUT2D eigenvalue weighted by atomic mass is 35.5. The summed E-state index contributed by atoms with van der Waals surface area (Å²) in [4.78, 5) is 14.0. The molecule has 2 rings (SSSR count). The van der Waals surface area contributed by atoms with Gasteiger partial charge in [-0.2, -0.15) is 0 Å². The molecule has 0 saturated carbocycles. The molecule has 3 nitrogen and oxygen atoms in total. The second kappa shape index (κ2) is 6.60. The molecule has 1 heterocycles. The molecule has 0 spiro atoms. The molecule has 1 atom stereocenters. The third-order valence-corrected chi connectivity index (χ3v) is 4.32. The Morgan fingerprint density at radius 2 is 2.26 bits per heavy atom. The minimum absolute atomic E-state index is 0.0803. The molecular weight excluding hydrogens is 283 g/mol. The molecule has 5 heteroatoms. The van der Waals surface area contributed by atoms with Crippen LogP contribution in [0.2, 0.25) is 10.0 Å². The van der Waals surface area contributed by atoms with Crippen LogP contribution in [-0.2, 0) is 11.3 Å². The van der Waals surface area contributed by atoms with Gasteiger partial charge in [-0.15, -0.1) is 0 Å². The summed E-state index contributed by atoms with van der Waals surface area (Å²) in [6.07, 6.45) is 2.02. The van der Waals surface area contributed by atoms with E-state index in [1.807, 2.05) is 19.2 Å². The third-order valence-electron chi connectivity index (χ3n) is 3.46. The number of amides is 1. The van der Waals surface area contributed by atoms with E-state index in [9.17, 15) is 4.79 Å². The monoisotopic (exact) mass is 300 g/mol. The van der Waals surface area contributed by atoms with E-state index in [1.165, 1.54) is 0 Å². The van der Waals surface area contributed by atoms with Crippen molar-refractivity contribution in [3.63, 3.8) is 0 Å². The van der Waals surface area contributed by atoms with Crippen molar-refractivity contribution in [2.24, 2.45) is 5.92 Å². The minimum atomic E-state index is 0.0803. The number of carbonyl (C=O) groups is 1. The predicted octanol–water partition coefficient (Wildman–Crippen LogP) is 2.95. The fraction of sp³-hybridized carbons (Fsp3) is 0.500. The normalized spacial score (nSPS) is 19.2. The molecule has 0 radical (unpaired) electrons. The Bertz CT molecular complexity index is 459. The van der Waals surface area contributed by atoms with Gasteiger partial charge in [0.25, 0.3) is 0 Å². The number of hydrogen-bond donors (Lipinski definition) is 1. The Morgan fingerprint density at radius 1 is 1.47 bits per heavy atom. The first-order valence-electron chi connectivity index (χ1n) is 6.48. The summed E-state index contributed by atoms with van der Waals surface area (Å²) >= 11 is 12.1. The number of nitrogens with zero attached hydrogens (tertiary/aromatic N) is 1. The maximum Gasteiger partial charge on any atom is 0.227 e. The first-order chi connectivity index (χ1) is 9.09. The summed E-state index contributed by atoms with van der Waals surface area (Å²) in [6, 6.07) is 5.50. The smallest absolute Gasteiger partial charge is 0.227 e. The standard InChI is InChI=1S/C14H18Cl2N2O/c1-18(14(19)10-5-3-7-17-8-10)9-11-4-2-6-12(15)13(11)16/h2,4,6,10,17H,3,5,7-9H2,1H3/t10-/m0/s1. The van der Waals surface area contributed by atoms with Gasteiger partial charge in [0.1, 0.15) is 0 Å². The number of nitrogens with one attached hydrogen (secondary N) is 1. The highest BCUT2D eigenvalue weighted by molar-refractivity contribution is 6.42. The number of halogens is 2. The second-order valence-electron chi connectivity index (χ2n) is 4.95. The quantitative estimate of drug-likeness (QED) is 0.931. The van der Waals surface area contributed by atoms with Crippen molar-refractivity contribution in [2.75, 3.05) is 20.1 Å². The summed E-state index contributed by atoms with van der Waals surface area (Å²) in [6.45, 7) is 2.27. The maximum absolute atomic E-state index is 12.3. The Morgan fingerprint density at radius 3 is 2.95 bits per heavy atom. The first-order valence-corrected chi connectivity index (χ1v) is 7.23. The molecule has 19 heavy (non-hydrogen) atoms. The minimum Gasteiger partial charge on any atom is -0.341 e. The van der Waals surface area contributed by atoms with Gasteiger partial charge in [0.15, 0.2) is 0 Å². The maximum atomic E-state index is 12.3. The summed E-state index contributed by atoms with van der Waals surface area (Å²) in [5.74, 6) is 0.250. The lowest BCUT2D eigenvalue weighted by Gasteiger charge is -2.27. The van der Waals surface area contributed by atoms with Gasteiger partial charge < -0.3 is 10.2 Å². The molecule has 0 unspecified atom stereocenters. The molecule has 1 N–H and O–H groups in total. The van der Waals surface area contributed by atoms with Crippen LogP contribution in [0, 0.1) is 5.92 Å². The van der Waals surface area contributed by atoms with Crippen molar-refractivity contribution < 1.29 is 4.79 Å². The Balaban J connectivity index is 2.01. The molecule has 0 aromatic heterocycles. The van der Waals surface area contributed by atoms with E-state index >= 15 is 0 Å². The van der Waals surface area contributed by atoms with Crippen molar-refractivity contribution in [1.29, 1.82) is 0 Å². The number of hydrogen-bond acceptors (Lipinski definition) is 2. The van der Waals surface area contributed by atoms with Gasteiger partial charge in [-0.3, -0.25) is 4.79 Å². The van der Waals surface area contributed by atoms with Crippen molar-refractivity contribution in [3.8, 4) is 0 Å². The average Bonchev–Trinajstić information content (AvgIpc) is 2.44. The lowest BCUT2D eigenvalue weighted by atomic mass is 9.98. The van der Waals surface area contributed by atoms with Crippen molar-refractivity contribution in [2.45, 2.75) is 19.4 Å². The largest absolute Gasteiger partial charge is 0.341 e. The van der Waals surface area contributed by atoms with Crippen molar-refractivity contribution in [1.82, 2.24) is 10.2 Å². The third kappa shape index (κ3) is 3.62.